The number of hydrogen-bond acceptors (Lipinski definition) is 3. The van der Waals surface area contributed by atoms with Crippen LogP contribution in [0.1, 0.15) is 49.0 Å². The fourth-order valence-electron chi connectivity index (χ4n) is 4.88. The Hall–Kier alpha value is -3.81. The maximum absolute atomic E-state index is 15.7. The highest BCUT2D eigenvalue weighted by molar-refractivity contribution is 6.35. The molecule has 2 unspecified atom stereocenters. The second-order valence-corrected chi connectivity index (χ2v) is 9.37. The van der Waals surface area contributed by atoms with Gasteiger partial charge >= 0.3 is 11.8 Å². The van der Waals surface area contributed by atoms with Gasteiger partial charge in [-0.1, -0.05) is 50.2 Å². The number of rotatable bonds is 5. The number of aryl methyl sites for hydroxylation is 1. The Kier molecular flexibility index (Phi) is 7.33. The summed E-state index contributed by atoms with van der Waals surface area (Å²) in [6.07, 6.45) is 1.11. The van der Waals surface area contributed by atoms with Crippen LogP contribution in [0.3, 0.4) is 0 Å². The number of carbonyl (C=O) groups is 2. The molecule has 1 aliphatic heterocycles. The number of likely N-dealkylation sites (N-methyl/N-ethyl adjacent to an activating group) is 1. The summed E-state index contributed by atoms with van der Waals surface area (Å²) in [7, 11) is 1.36. The summed E-state index contributed by atoms with van der Waals surface area (Å²) in [5.41, 5.74) is 2.21. The highest BCUT2D eigenvalue weighted by Crippen LogP contribution is 2.32. The number of amides is 2. The molecule has 2 heterocycles. The van der Waals surface area contributed by atoms with E-state index in [0.717, 1.165) is 5.69 Å². The molecular weight excluding hydrogens is 464 g/mol. The van der Waals surface area contributed by atoms with Crippen LogP contribution in [0.5, 0.6) is 0 Å². The largest absolute Gasteiger partial charge is 0.351 e. The van der Waals surface area contributed by atoms with E-state index in [2.05, 4.69) is 10.6 Å². The zero-order valence-electron chi connectivity index (χ0n) is 20.5. The Bertz CT molecular complexity index is 1370. The van der Waals surface area contributed by atoms with Crippen molar-refractivity contribution in [2.24, 2.45) is 0 Å². The van der Waals surface area contributed by atoms with Crippen molar-refractivity contribution in [3.8, 4) is 11.1 Å². The molecule has 6 nitrogen and oxygen atoms in total. The molecule has 0 bridgehead atoms. The fourth-order valence-corrected chi connectivity index (χ4v) is 4.88. The third-order valence-electron chi connectivity index (χ3n) is 6.75. The molecule has 1 aromatic heterocycles. The van der Waals surface area contributed by atoms with E-state index in [1.807, 2.05) is 26.0 Å². The average Bonchev–Trinajstić information content (AvgIpc) is 2.85. The number of carbonyl (C=O) groups excluding carboxylic acids is 2. The first kappa shape index (κ1) is 25.3. The molecule has 2 amide bonds. The Morgan fingerprint density at radius 3 is 2.50 bits per heavy atom. The van der Waals surface area contributed by atoms with Crippen molar-refractivity contribution < 1.29 is 18.4 Å². The molecule has 0 aliphatic carbocycles. The average molecular weight is 494 g/mol. The lowest BCUT2D eigenvalue weighted by molar-refractivity contribution is -0.139. The van der Waals surface area contributed by atoms with Crippen LogP contribution in [-0.2, 0) is 22.4 Å². The standard InChI is InChI=1S/C28H29F2N3O3/c1-16(2)21-12-10-20-11-13-23(32-27(35)26(34)31-3)24(33(20)28(21)36)15-18-7-5-9-22(25(18)30)17-6-4-8-19(29)14-17/h4-10,12,14,16,23-24H,11,13,15H2,1-3H3,(H,31,34)(H,32,35). The molecular formula is C28H29F2N3O3. The van der Waals surface area contributed by atoms with Crippen molar-refractivity contribution in [2.45, 2.75) is 51.1 Å². The lowest BCUT2D eigenvalue weighted by atomic mass is 9.88. The zero-order chi connectivity index (χ0) is 26.0. The van der Waals surface area contributed by atoms with Crippen LogP contribution in [-0.4, -0.2) is 29.5 Å². The molecule has 36 heavy (non-hydrogen) atoms. The quantitative estimate of drug-likeness (QED) is 0.530. The van der Waals surface area contributed by atoms with E-state index in [0.29, 0.717) is 29.5 Å². The van der Waals surface area contributed by atoms with Gasteiger partial charge in [-0.15, -0.1) is 0 Å². The van der Waals surface area contributed by atoms with Crippen LogP contribution >= 0.6 is 0 Å². The molecule has 0 radical (unpaired) electrons. The van der Waals surface area contributed by atoms with E-state index in [4.69, 9.17) is 0 Å². The second kappa shape index (κ2) is 10.4. The predicted octanol–water partition coefficient (Wildman–Crippen LogP) is 3.88. The number of nitrogens with zero attached hydrogens (tertiary/aromatic N) is 1. The second-order valence-electron chi connectivity index (χ2n) is 9.37. The summed E-state index contributed by atoms with van der Waals surface area (Å²) < 4.78 is 31.2. The van der Waals surface area contributed by atoms with E-state index in [1.165, 1.54) is 25.2 Å². The van der Waals surface area contributed by atoms with Crippen molar-refractivity contribution in [1.29, 1.82) is 0 Å². The Morgan fingerprint density at radius 2 is 1.81 bits per heavy atom. The number of fused-ring (bicyclic) bond motifs is 1. The SMILES string of the molecule is CNC(=O)C(=O)NC1CCc2ccc(C(C)C)c(=O)n2C1Cc1cccc(-c2cccc(F)c2)c1F. The minimum atomic E-state index is -0.807. The Morgan fingerprint density at radius 1 is 1.06 bits per heavy atom. The summed E-state index contributed by atoms with van der Waals surface area (Å²) >= 11 is 0. The zero-order valence-corrected chi connectivity index (χ0v) is 20.5. The molecule has 4 rings (SSSR count). The first-order valence-electron chi connectivity index (χ1n) is 12.0. The molecule has 2 aromatic carbocycles. The van der Waals surface area contributed by atoms with Gasteiger partial charge in [-0.05, 0) is 54.5 Å². The maximum Gasteiger partial charge on any atom is 0.309 e. The Labute approximate surface area is 208 Å². The number of halogens is 2. The lowest BCUT2D eigenvalue weighted by Crippen LogP contribution is -2.52. The molecule has 2 atom stereocenters. The van der Waals surface area contributed by atoms with Crippen LogP contribution in [0.25, 0.3) is 11.1 Å². The van der Waals surface area contributed by atoms with Gasteiger partial charge < -0.3 is 15.2 Å². The van der Waals surface area contributed by atoms with Crippen LogP contribution in [0.2, 0.25) is 0 Å². The van der Waals surface area contributed by atoms with Gasteiger partial charge in [0.1, 0.15) is 11.6 Å². The molecule has 0 saturated heterocycles. The number of hydrogen-bond donors (Lipinski definition) is 2. The van der Waals surface area contributed by atoms with E-state index in [1.54, 1.807) is 28.8 Å². The summed E-state index contributed by atoms with van der Waals surface area (Å²) in [6.45, 7) is 3.85. The van der Waals surface area contributed by atoms with Gasteiger partial charge in [-0.3, -0.25) is 14.4 Å². The number of pyridine rings is 1. The molecule has 3 aromatic rings. The molecule has 1 aliphatic rings. The van der Waals surface area contributed by atoms with Gasteiger partial charge in [-0.2, -0.15) is 0 Å². The third kappa shape index (κ3) is 4.94. The smallest absolute Gasteiger partial charge is 0.309 e. The molecule has 0 spiro atoms. The van der Waals surface area contributed by atoms with Gasteiger partial charge in [-0.25, -0.2) is 8.78 Å². The van der Waals surface area contributed by atoms with Gasteiger partial charge in [0.2, 0.25) is 0 Å². The van der Waals surface area contributed by atoms with Crippen LogP contribution in [0.15, 0.2) is 59.4 Å². The summed E-state index contributed by atoms with van der Waals surface area (Å²) in [4.78, 5) is 37.9. The highest BCUT2D eigenvalue weighted by atomic mass is 19.1. The van der Waals surface area contributed by atoms with E-state index in [9.17, 15) is 18.8 Å². The van der Waals surface area contributed by atoms with Crippen LogP contribution in [0.4, 0.5) is 8.78 Å². The first-order chi connectivity index (χ1) is 17.2. The van der Waals surface area contributed by atoms with Crippen LogP contribution in [0, 0.1) is 11.6 Å². The number of aromatic nitrogens is 1. The molecule has 2 N–H and O–H groups in total. The van der Waals surface area contributed by atoms with Crippen molar-refractivity contribution >= 4 is 11.8 Å². The van der Waals surface area contributed by atoms with E-state index >= 15 is 4.39 Å². The summed E-state index contributed by atoms with van der Waals surface area (Å²) in [5.74, 6) is -2.60. The first-order valence-corrected chi connectivity index (χ1v) is 12.0. The molecule has 0 fully saturated rings. The lowest BCUT2D eigenvalue weighted by Gasteiger charge is -2.36. The summed E-state index contributed by atoms with van der Waals surface area (Å²) in [5, 5.41) is 5.05. The van der Waals surface area contributed by atoms with Gasteiger partial charge in [0, 0.05) is 23.9 Å². The molecule has 0 saturated carbocycles. The molecule has 8 heteroatoms. The minimum absolute atomic E-state index is 0.0233. The van der Waals surface area contributed by atoms with Crippen molar-refractivity contribution in [3.63, 3.8) is 0 Å². The highest BCUT2D eigenvalue weighted by Gasteiger charge is 2.34. The maximum atomic E-state index is 15.7. The van der Waals surface area contributed by atoms with E-state index < -0.39 is 35.5 Å². The monoisotopic (exact) mass is 493 g/mol. The fraction of sp³-hybridized carbons (Fsp3) is 0.321. The molecule has 188 valence electrons. The number of benzene rings is 2. The summed E-state index contributed by atoms with van der Waals surface area (Å²) in [6, 6.07) is 13.1. The number of nitrogens with one attached hydrogen (secondary N) is 2. The van der Waals surface area contributed by atoms with Crippen molar-refractivity contribution in [3.05, 3.63) is 93.4 Å². The van der Waals surface area contributed by atoms with Crippen LogP contribution < -0.4 is 16.2 Å². The third-order valence-corrected chi connectivity index (χ3v) is 6.75. The van der Waals surface area contributed by atoms with Gasteiger partial charge in [0.15, 0.2) is 0 Å². The van der Waals surface area contributed by atoms with Gasteiger partial charge in [0.05, 0.1) is 12.1 Å². The van der Waals surface area contributed by atoms with E-state index in [-0.39, 0.29) is 23.5 Å². The minimum Gasteiger partial charge on any atom is -0.351 e. The topological polar surface area (TPSA) is 80.2 Å². The van der Waals surface area contributed by atoms with Gasteiger partial charge in [0.25, 0.3) is 5.56 Å². The Balaban J connectivity index is 1.79. The normalized spacial score (nSPS) is 16.9. The predicted molar refractivity (Wildman–Crippen MR) is 134 cm³/mol. The van der Waals surface area contributed by atoms with Crippen molar-refractivity contribution in [2.75, 3.05) is 7.05 Å². The van der Waals surface area contributed by atoms with Crippen molar-refractivity contribution in [1.82, 2.24) is 15.2 Å².